The van der Waals surface area contributed by atoms with Crippen LogP contribution in [0, 0.1) is 10.8 Å². The quantitative estimate of drug-likeness (QED) is 0.532. The van der Waals surface area contributed by atoms with Crippen LogP contribution in [0.25, 0.3) is 0 Å². The molecule has 0 saturated carbocycles. The largest absolute Gasteiger partial charge is 0.391 e. The fourth-order valence-electron chi connectivity index (χ4n) is 1.45. The number of rotatable bonds is 4. The normalized spacial score (nSPS) is 17.1. The topological polar surface area (TPSA) is 12.0 Å². The molecule has 0 fully saturated rings. The molecule has 0 rings (SSSR count). The molecule has 0 aliphatic carbocycles. The zero-order valence-electron chi connectivity index (χ0n) is 10.1. The summed E-state index contributed by atoms with van der Waals surface area (Å²) in [6.45, 7) is 16.5. The molecule has 1 heteroatoms. The summed E-state index contributed by atoms with van der Waals surface area (Å²) in [5.74, 6) is 0. The van der Waals surface area contributed by atoms with Crippen LogP contribution in [-0.2, 0) is 0 Å². The van der Waals surface area contributed by atoms with Crippen molar-refractivity contribution in [2.75, 3.05) is 7.05 Å². The zero-order valence-corrected chi connectivity index (χ0v) is 10.1. The summed E-state index contributed by atoms with van der Waals surface area (Å²) in [4.78, 5) is 0. The first-order valence-corrected chi connectivity index (χ1v) is 4.98. The monoisotopic (exact) mass is 193 g/mol. The predicted octanol–water partition coefficient (Wildman–Crippen LogP) is 3.51. The van der Waals surface area contributed by atoms with Gasteiger partial charge in [0.25, 0.3) is 0 Å². The summed E-state index contributed by atoms with van der Waals surface area (Å²) >= 11 is 0. The summed E-state index contributed by atoms with van der Waals surface area (Å²) < 4.78 is 0. The van der Waals surface area contributed by atoms with E-state index in [9.17, 15) is 0 Å². The number of nitrogens with one attached hydrogen (secondary N) is 1. The Balaban J connectivity index is 5.32. The molecule has 0 bridgehead atoms. The number of allylic oxidation sites excluding steroid dienone is 3. The Hall–Kier alpha value is -0.980. The summed E-state index contributed by atoms with van der Waals surface area (Å²) in [7, 11) is 1.93. The maximum absolute atomic E-state index is 3.94. The summed E-state index contributed by atoms with van der Waals surface area (Å²) in [6, 6.07) is 0. The molecule has 0 aliphatic rings. The van der Waals surface area contributed by atoms with Crippen molar-refractivity contribution in [1.29, 1.82) is 0 Å². The predicted molar refractivity (Wildman–Crippen MR) is 65.1 cm³/mol. The van der Waals surface area contributed by atoms with Gasteiger partial charge in [-0.05, 0) is 11.5 Å². The van der Waals surface area contributed by atoms with Gasteiger partial charge in [-0.1, -0.05) is 46.4 Å². The highest BCUT2D eigenvalue weighted by molar-refractivity contribution is 5.25. The molecule has 0 aromatic carbocycles. The van der Waals surface area contributed by atoms with E-state index < -0.39 is 0 Å². The lowest BCUT2D eigenvalue weighted by molar-refractivity contribution is 0.204. The highest BCUT2D eigenvalue weighted by atomic mass is 14.9. The van der Waals surface area contributed by atoms with Gasteiger partial charge in [-0.2, -0.15) is 0 Å². The fraction of sp³-hybridized carbons (Fsp3) is 0.538. The second-order valence-electron chi connectivity index (χ2n) is 4.72. The molecule has 0 amide bonds. The average Bonchev–Trinajstić information content (AvgIpc) is 2.11. The van der Waals surface area contributed by atoms with Crippen LogP contribution in [-0.4, -0.2) is 7.05 Å². The van der Waals surface area contributed by atoms with Crippen LogP contribution in [0.2, 0.25) is 0 Å². The van der Waals surface area contributed by atoms with Crippen LogP contribution in [0.4, 0.5) is 0 Å². The molecular weight excluding hydrogens is 170 g/mol. The molecule has 0 unspecified atom stereocenters. The molecule has 0 heterocycles. The summed E-state index contributed by atoms with van der Waals surface area (Å²) in [5, 5.41) is 3.22. The molecule has 1 atom stereocenters. The van der Waals surface area contributed by atoms with Gasteiger partial charge in [0.2, 0.25) is 0 Å². The van der Waals surface area contributed by atoms with Gasteiger partial charge in [-0.25, -0.2) is 0 Å². The molecule has 0 aromatic heterocycles. The first-order chi connectivity index (χ1) is 6.33. The zero-order chi connectivity index (χ0) is 11.4. The van der Waals surface area contributed by atoms with Gasteiger partial charge in [0, 0.05) is 18.2 Å². The Morgan fingerprint density at radius 3 is 1.86 bits per heavy atom. The lowest BCUT2D eigenvalue weighted by Gasteiger charge is -2.41. The van der Waals surface area contributed by atoms with Crippen LogP contribution in [0.3, 0.4) is 0 Å². The molecular formula is C13H23N. The minimum Gasteiger partial charge on any atom is -0.391 e. The standard InChI is InChI=1S/C13H23N/c1-8-10-11(14-7)13(6,9-2)12(3,4)5/h8-10,14H,1-2H2,3-7H3/b11-10+/t13-/m0/s1. The third-order valence-electron chi connectivity index (χ3n) is 3.08. The lowest BCUT2D eigenvalue weighted by atomic mass is 9.66. The van der Waals surface area contributed by atoms with Crippen LogP contribution >= 0.6 is 0 Å². The number of hydrogen-bond acceptors (Lipinski definition) is 1. The first-order valence-electron chi connectivity index (χ1n) is 4.98. The van der Waals surface area contributed by atoms with E-state index in [0.29, 0.717) is 0 Å². The van der Waals surface area contributed by atoms with Gasteiger partial charge >= 0.3 is 0 Å². The molecule has 0 radical (unpaired) electrons. The Morgan fingerprint density at radius 1 is 1.14 bits per heavy atom. The van der Waals surface area contributed by atoms with Crippen molar-refractivity contribution in [3.8, 4) is 0 Å². The van der Waals surface area contributed by atoms with Crippen molar-refractivity contribution in [3.05, 3.63) is 37.1 Å². The van der Waals surface area contributed by atoms with Crippen LogP contribution in [0.15, 0.2) is 37.1 Å². The third-order valence-corrected chi connectivity index (χ3v) is 3.08. The SMILES string of the molecule is C=C/C=C(/NC)[C@](C)(C=C)C(C)(C)C. The van der Waals surface area contributed by atoms with Crippen molar-refractivity contribution >= 4 is 0 Å². The van der Waals surface area contributed by atoms with Crippen molar-refractivity contribution < 1.29 is 0 Å². The average molecular weight is 193 g/mol. The molecule has 14 heavy (non-hydrogen) atoms. The van der Waals surface area contributed by atoms with Crippen LogP contribution in [0.1, 0.15) is 27.7 Å². The molecule has 0 aliphatic heterocycles. The van der Waals surface area contributed by atoms with Crippen molar-refractivity contribution in [2.24, 2.45) is 10.8 Å². The Kier molecular flexibility index (Phi) is 4.18. The van der Waals surface area contributed by atoms with Gasteiger partial charge in [0.1, 0.15) is 0 Å². The van der Waals surface area contributed by atoms with E-state index in [0.717, 1.165) is 5.70 Å². The van der Waals surface area contributed by atoms with E-state index >= 15 is 0 Å². The molecule has 1 N–H and O–H groups in total. The van der Waals surface area contributed by atoms with Gasteiger partial charge in [0.15, 0.2) is 0 Å². The van der Waals surface area contributed by atoms with Gasteiger partial charge in [-0.3, -0.25) is 0 Å². The maximum Gasteiger partial charge on any atom is 0.0297 e. The summed E-state index contributed by atoms with van der Waals surface area (Å²) in [6.07, 6.45) is 5.81. The van der Waals surface area contributed by atoms with E-state index in [1.165, 1.54) is 0 Å². The van der Waals surface area contributed by atoms with Crippen molar-refractivity contribution in [1.82, 2.24) is 5.32 Å². The van der Waals surface area contributed by atoms with E-state index in [4.69, 9.17) is 0 Å². The maximum atomic E-state index is 3.94. The Labute approximate surface area is 88.6 Å². The number of hydrogen-bond donors (Lipinski definition) is 1. The molecule has 0 aromatic rings. The molecule has 0 spiro atoms. The molecule has 0 saturated heterocycles. The minimum atomic E-state index is -0.0596. The minimum absolute atomic E-state index is 0.0596. The van der Waals surface area contributed by atoms with Gasteiger partial charge < -0.3 is 5.32 Å². The fourth-order valence-corrected chi connectivity index (χ4v) is 1.45. The highest BCUT2D eigenvalue weighted by Gasteiger charge is 2.37. The van der Waals surface area contributed by atoms with Gasteiger partial charge in [0.05, 0.1) is 0 Å². The van der Waals surface area contributed by atoms with Gasteiger partial charge in [-0.15, -0.1) is 6.58 Å². The Morgan fingerprint density at radius 2 is 1.64 bits per heavy atom. The molecule has 1 nitrogen and oxygen atoms in total. The highest BCUT2D eigenvalue weighted by Crippen LogP contribution is 2.44. The van der Waals surface area contributed by atoms with E-state index in [1.54, 1.807) is 6.08 Å². The first kappa shape index (κ1) is 13.0. The van der Waals surface area contributed by atoms with E-state index in [1.807, 2.05) is 19.2 Å². The van der Waals surface area contributed by atoms with Crippen molar-refractivity contribution in [3.63, 3.8) is 0 Å². The second-order valence-corrected chi connectivity index (χ2v) is 4.72. The molecule has 80 valence electrons. The third kappa shape index (κ3) is 2.28. The van der Waals surface area contributed by atoms with E-state index in [2.05, 4.69) is 46.2 Å². The van der Waals surface area contributed by atoms with E-state index in [-0.39, 0.29) is 10.8 Å². The smallest absolute Gasteiger partial charge is 0.0297 e. The Bertz CT molecular complexity index is 242. The second kappa shape index (κ2) is 4.50. The van der Waals surface area contributed by atoms with Crippen LogP contribution < -0.4 is 5.32 Å². The lowest BCUT2D eigenvalue weighted by Crippen LogP contribution is -2.37. The summed E-state index contributed by atoms with van der Waals surface area (Å²) in [5.41, 5.74) is 1.22. The van der Waals surface area contributed by atoms with Crippen LogP contribution in [0.5, 0.6) is 0 Å². The van der Waals surface area contributed by atoms with Crippen molar-refractivity contribution in [2.45, 2.75) is 27.7 Å².